The molecule has 16 unspecified atom stereocenters. The maximum Gasteiger partial charge on any atom is 0.327 e. The van der Waals surface area contributed by atoms with E-state index in [1.807, 2.05) is 0 Å². The number of hydrogen-bond donors (Lipinski definition) is 16. The van der Waals surface area contributed by atoms with Gasteiger partial charge in [0.1, 0.15) is 85.0 Å². The molecule has 29 heteroatoms. The molecule has 2 aliphatic heterocycles. The highest BCUT2D eigenvalue weighted by molar-refractivity contribution is 7.80. The molecular weight excluding hydrogens is 911 g/mol. The smallest absolute Gasteiger partial charge is 0.327 e. The molecule has 6 amide bonds. The first-order valence-corrected chi connectivity index (χ1v) is 21.2. The van der Waals surface area contributed by atoms with Gasteiger partial charge in [-0.1, -0.05) is 0 Å². The summed E-state index contributed by atoms with van der Waals surface area (Å²) in [5.74, 6) is -10.1. The van der Waals surface area contributed by atoms with Gasteiger partial charge in [-0.2, -0.15) is 12.6 Å². The third-order valence-corrected chi connectivity index (χ3v) is 10.7. The summed E-state index contributed by atoms with van der Waals surface area (Å²) in [5.41, 5.74) is 5.50. The van der Waals surface area contributed by atoms with Gasteiger partial charge in [0.2, 0.25) is 35.4 Å². The van der Waals surface area contributed by atoms with E-state index in [0.717, 1.165) is 20.8 Å². The SMILES string of the molecule is CC(=O)NC1C(OC2C(CO)OC(O)C(NC(C)=O)C2OC(C)C(=O)NC(C)C(=O)NC(CCC(=O)NC(CCCC(N)C(=O)O)C(=O)NC(CS)C(=O)O)C(=O)O)OC(CO)C(O)C1O. The van der Waals surface area contributed by atoms with Crippen molar-refractivity contribution in [3.05, 3.63) is 0 Å². The quantitative estimate of drug-likeness (QED) is 0.0358. The normalized spacial score (nSPS) is 27.9. The summed E-state index contributed by atoms with van der Waals surface area (Å²) in [4.78, 5) is 111. The first-order valence-electron chi connectivity index (χ1n) is 20.5. The van der Waals surface area contributed by atoms with Gasteiger partial charge in [0.05, 0.1) is 13.2 Å². The van der Waals surface area contributed by atoms with Crippen LogP contribution < -0.4 is 37.6 Å². The minimum absolute atomic E-state index is 0.00562. The van der Waals surface area contributed by atoms with Crippen LogP contribution in [0, 0.1) is 0 Å². The number of carboxylic acid groups (broad SMARTS) is 3. The van der Waals surface area contributed by atoms with E-state index >= 15 is 0 Å². The van der Waals surface area contributed by atoms with Crippen LogP contribution in [-0.2, 0) is 62.1 Å². The second kappa shape index (κ2) is 27.1. The van der Waals surface area contributed by atoms with Crippen molar-refractivity contribution in [3.8, 4) is 0 Å². The molecule has 0 saturated carbocycles. The monoisotopic (exact) mass is 971 g/mol. The molecule has 2 aliphatic rings. The molecule has 16 N–H and O–H groups in total. The van der Waals surface area contributed by atoms with Crippen molar-refractivity contribution in [1.29, 1.82) is 0 Å². The standard InChI is InChI=1S/C37H61N7O21S/c1-13(30(52)43-19(34(57)58)8-9-23(49)42-18(7-5-6-17(38)33(55)56)32(54)44-20(12-66)35(59)60)39-31(53)14(2)62-29-25(41-16(4)48)36(61)63-22(11-46)28(29)65-37-24(40-15(3)47)27(51)26(50)21(10-45)64-37/h13-14,17-22,24-29,36-37,45-46,50-51,61,66H,5-12,38H2,1-4H3,(H,39,53)(H,40,47)(H,41,48)(H,42,49)(H,43,52)(H,44,54)(H,55,56)(H,57,58)(H,59,60). The molecule has 16 atom stereocenters. The van der Waals surface area contributed by atoms with Crippen molar-refractivity contribution in [1.82, 2.24) is 31.9 Å². The Morgan fingerprint density at radius 2 is 1.24 bits per heavy atom. The Morgan fingerprint density at radius 3 is 1.77 bits per heavy atom. The van der Waals surface area contributed by atoms with Crippen LogP contribution >= 0.6 is 12.6 Å². The van der Waals surface area contributed by atoms with Crippen molar-refractivity contribution < 1.29 is 103 Å². The number of aliphatic hydroxyl groups is 5. The highest BCUT2D eigenvalue weighted by Gasteiger charge is 2.53. The van der Waals surface area contributed by atoms with Crippen LogP contribution in [-0.4, -0.2) is 211 Å². The molecule has 0 radical (unpaired) electrons. The molecular formula is C37H61N7O21S. The van der Waals surface area contributed by atoms with E-state index in [-0.39, 0.29) is 25.0 Å². The lowest BCUT2D eigenvalue weighted by Gasteiger charge is -2.48. The lowest BCUT2D eigenvalue weighted by molar-refractivity contribution is -0.333. The third kappa shape index (κ3) is 17.1. The van der Waals surface area contributed by atoms with Gasteiger partial charge in [-0.15, -0.1) is 0 Å². The van der Waals surface area contributed by atoms with Gasteiger partial charge in [-0.3, -0.25) is 33.6 Å². The Morgan fingerprint density at radius 1 is 0.667 bits per heavy atom. The second-order valence-electron chi connectivity index (χ2n) is 15.5. The zero-order chi connectivity index (χ0) is 50.2. The Balaban J connectivity index is 2.22. The summed E-state index contributed by atoms with van der Waals surface area (Å²) in [5, 5.41) is 94.0. The fourth-order valence-corrected chi connectivity index (χ4v) is 6.95. The maximum absolute atomic E-state index is 13.5. The summed E-state index contributed by atoms with van der Waals surface area (Å²) in [7, 11) is 0. The Labute approximate surface area is 382 Å². The zero-order valence-corrected chi connectivity index (χ0v) is 37.2. The zero-order valence-electron chi connectivity index (χ0n) is 36.3. The molecule has 2 heterocycles. The number of aliphatic carboxylic acids is 3. The van der Waals surface area contributed by atoms with E-state index in [1.165, 1.54) is 6.92 Å². The molecule has 0 bridgehead atoms. The van der Waals surface area contributed by atoms with Crippen LogP contribution in [0.1, 0.15) is 59.8 Å². The van der Waals surface area contributed by atoms with E-state index in [4.69, 9.17) is 29.8 Å². The lowest BCUT2D eigenvalue weighted by Crippen LogP contribution is -2.70. The molecule has 2 saturated heterocycles. The van der Waals surface area contributed by atoms with Gasteiger partial charge in [-0.05, 0) is 39.5 Å². The van der Waals surface area contributed by atoms with E-state index in [9.17, 15) is 78.9 Å². The van der Waals surface area contributed by atoms with Crippen molar-refractivity contribution >= 4 is 66.0 Å². The van der Waals surface area contributed by atoms with Gasteiger partial charge in [0.15, 0.2) is 12.6 Å². The first-order chi connectivity index (χ1) is 30.9. The number of thiol groups is 1. The molecule has 376 valence electrons. The number of hydrogen-bond acceptors (Lipinski definition) is 20. The molecule has 28 nitrogen and oxygen atoms in total. The van der Waals surface area contributed by atoms with Crippen LogP contribution in [0.2, 0.25) is 0 Å². The number of aliphatic hydroxyl groups excluding tert-OH is 5. The fraction of sp³-hybridized carbons (Fsp3) is 0.757. The van der Waals surface area contributed by atoms with E-state index < -0.39 is 177 Å². The van der Waals surface area contributed by atoms with Crippen LogP contribution in [0.15, 0.2) is 0 Å². The van der Waals surface area contributed by atoms with E-state index in [0.29, 0.717) is 0 Å². The number of nitrogens with one attached hydrogen (secondary N) is 6. The van der Waals surface area contributed by atoms with Crippen LogP contribution in [0.5, 0.6) is 0 Å². The summed E-state index contributed by atoms with van der Waals surface area (Å²) < 4.78 is 23.1. The molecule has 0 aromatic heterocycles. The molecule has 0 spiro atoms. The fourth-order valence-electron chi connectivity index (χ4n) is 6.70. The minimum Gasteiger partial charge on any atom is -0.480 e. The number of carbonyl (C=O) groups is 9. The summed E-state index contributed by atoms with van der Waals surface area (Å²) in [6.45, 7) is 2.74. The van der Waals surface area contributed by atoms with Gasteiger partial charge in [-0.25, -0.2) is 9.59 Å². The lowest BCUT2D eigenvalue weighted by atomic mass is 9.94. The van der Waals surface area contributed by atoms with Crippen molar-refractivity contribution in [2.24, 2.45) is 5.73 Å². The van der Waals surface area contributed by atoms with Crippen LogP contribution in [0.4, 0.5) is 0 Å². The second-order valence-corrected chi connectivity index (χ2v) is 15.9. The molecule has 66 heavy (non-hydrogen) atoms. The molecule has 0 aromatic rings. The summed E-state index contributed by atoms with van der Waals surface area (Å²) in [6, 6.07) is -10.5. The topological polar surface area (TPSA) is 451 Å². The predicted octanol–water partition coefficient (Wildman–Crippen LogP) is -7.28. The van der Waals surface area contributed by atoms with Gasteiger partial charge in [0, 0.05) is 26.0 Å². The molecule has 0 aliphatic carbocycles. The Hall–Kier alpha value is -4.82. The summed E-state index contributed by atoms with van der Waals surface area (Å²) >= 11 is 3.87. The van der Waals surface area contributed by atoms with E-state index in [1.54, 1.807) is 0 Å². The maximum atomic E-state index is 13.5. The van der Waals surface area contributed by atoms with Crippen LogP contribution in [0.25, 0.3) is 0 Å². The number of rotatable bonds is 26. The predicted molar refractivity (Wildman–Crippen MR) is 221 cm³/mol. The number of carbonyl (C=O) groups excluding carboxylic acids is 6. The number of carboxylic acids is 3. The number of nitrogens with two attached hydrogens (primary N) is 1. The first kappa shape index (κ1) is 57.3. The minimum atomic E-state index is -1.91. The largest absolute Gasteiger partial charge is 0.480 e. The summed E-state index contributed by atoms with van der Waals surface area (Å²) in [6.07, 6.45) is -16.5. The highest BCUT2D eigenvalue weighted by atomic mass is 32.1. The van der Waals surface area contributed by atoms with Crippen molar-refractivity contribution in [2.75, 3.05) is 19.0 Å². The number of ether oxygens (including phenoxy) is 4. The molecule has 2 rings (SSSR count). The number of amides is 6. The van der Waals surface area contributed by atoms with Gasteiger partial charge >= 0.3 is 17.9 Å². The third-order valence-electron chi connectivity index (χ3n) is 10.3. The average Bonchev–Trinajstić information content (AvgIpc) is 3.24. The molecule has 0 aromatic carbocycles. The van der Waals surface area contributed by atoms with E-state index in [2.05, 4.69) is 44.5 Å². The van der Waals surface area contributed by atoms with Crippen molar-refractivity contribution in [3.63, 3.8) is 0 Å². The Kier molecular flexibility index (Phi) is 23.5. The van der Waals surface area contributed by atoms with Gasteiger partial charge in [0.25, 0.3) is 0 Å². The average molecular weight is 972 g/mol. The van der Waals surface area contributed by atoms with Gasteiger partial charge < -0.3 is 97.4 Å². The molecule has 2 fully saturated rings. The Bertz CT molecular complexity index is 1720. The van der Waals surface area contributed by atoms with Crippen LogP contribution in [0.3, 0.4) is 0 Å². The highest BCUT2D eigenvalue weighted by Crippen LogP contribution is 2.31. The van der Waals surface area contributed by atoms with Crippen molar-refractivity contribution in [2.45, 2.75) is 157 Å².